The molecule has 0 heterocycles. The maximum atomic E-state index is 11.5. The lowest BCUT2D eigenvalue weighted by Gasteiger charge is -2.09. The van der Waals surface area contributed by atoms with Gasteiger partial charge >= 0.3 is 23.9 Å². The van der Waals surface area contributed by atoms with Gasteiger partial charge in [-0.05, 0) is 38.1 Å². The first-order valence-electron chi connectivity index (χ1n) is 7.74. The van der Waals surface area contributed by atoms with Crippen LogP contribution in [0.25, 0.3) is 0 Å². The standard InChI is InChI=1S/C11H12O4.C8H6O4/c1-7(2)15-11(14)9-6-4-3-5-8(9)10(12)13;9-7(10)5-3-1-2-4-6(5)8(11)12/h3-7H,1-2H3,(H,12,13);1-4H,(H,9,10)(H,11,12). The average Bonchev–Trinajstić information content (AvgIpc) is 2.61. The lowest BCUT2D eigenvalue weighted by Crippen LogP contribution is -2.15. The zero-order valence-electron chi connectivity index (χ0n) is 14.6. The van der Waals surface area contributed by atoms with Crippen LogP contribution in [-0.4, -0.2) is 45.3 Å². The molecule has 0 aliphatic rings. The zero-order chi connectivity index (χ0) is 20.6. The molecule has 8 heteroatoms. The van der Waals surface area contributed by atoms with Crippen molar-refractivity contribution in [3.05, 3.63) is 70.8 Å². The molecule has 2 rings (SSSR count). The number of carboxylic acids is 3. The Bertz CT molecular complexity index is 821. The van der Waals surface area contributed by atoms with Crippen molar-refractivity contribution < 1.29 is 39.2 Å². The molecule has 2 aromatic carbocycles. The summed E-state index contributed by atoms with van der Waals surface area (Å²) in [5.74, 6) is -4.20. The van der Waals surface area contributed by atoms with Crippen molar-refractivity contribution in [2.24, 2.45) is 0 Å². The minimum Gasteiger partial charge on any atom is -0.478 e. The smallest absolute Gasteiger partial charge is 0.339 e. The van der Waals surface area contributed by atoms with Crippen LogP contribution in [0, 0.1) is 0 Å². The van der Waals surface area contributed by atoms with Gasteiger partial charge < -0.3 is 20.1 Å². The molecule has 2 aromatic rings. The summed E-state index contributed by atoms with van der Waals surface area (Å²) in [7, 11) is 0. The average molecular weight is 374 g/mol. The summed E-state index contributed by atoms with van der Waals surface area (Å²) in [5.41, 5.74) is -0.336. The lowest BCUT2D eigenvalue weighted by molar-refractivity contribution is 0.0370. The van der Waals surface area contributed by atoms with Crippen LogP contribution in [0.3, 0.4) is 0 Å². The number of carboxylic acid groups (broad SMARTS) is 3. The molecule has 0 aromatic heterocycles. The van der Waals surface area contributed by atoms with E-state index in [0.717, 1.165) is 0 Å². The Hall–Kier alpha value is -3.68. The molecule has 0 atom stereocenters. The summed E-state index contributed by atoms with van der Waals surface area (Å²) < 4.78 is 4.92. The largest absolute Gasteiger partial charge is 0.478 e. The Morgan fingerprint density at radius 2 is 0.963 bits per heavy atom. The molecule has 0 spiro atoms. The molecule has 8 nitrogen and oxygen atoms in total. The summed E-state index contributed by atoms with van der Waals surface area (Å²) in [4.78, 5) is 43.2. The van der Waals surface area contributed by atoms with E-state index in [0.29, 0.717) is 0 Å². The summed E-state index contributed by atoms with van der Waals surface area (Å²) in [6.45, 7) is 3.42. The van der Waals surface area contributed by atoms with Crippen LogP contribution in [0.5, 0.6) is 0 Å². The van der Waals surface area contributed by atoms with E-state index in [2.05, 4.69) is 0 Å². The molecule has 0 aliphatic heterocycles. The van der Waals surface area contributed by atoms with Gasteiger partial charge in [0, 0.05) is 0 Å². The van der Waals surface area contributed by atoms with Crippen LogP contribution in [0.2, 0.25) is 0 Å². The van der Waals surface area contributed by atoms with Crippen LogP contribution in [0.1, 0.15) is 55.3 Å². The van der Waals surface area contributed by atoms with Gasteiger partial charge in [0.05, 0.1) is 28.4 Å². The zero-order valence-corrected chi connectivity index (χ0v) is 14.6. The Kier molecular flexibility index (Phi) is 7.68. The molecule has 3 N–H and O–H groups in total. The summed E-state index contributed by atoms with van der Waals surface area (Å²) in [6.07, 6.45) is -0.264. The first-order valence-corrected chi connectivity index (χ1v) is 7.74. The highest BCUT2D eigenvalue weighted by Crippen LogP contribution is 2.11. The van der Waals surface area contributed by atoms with Crippen molar-refractivity contribution >= 4 is 23.9 Å². The Morgan fingerprint density at radius 1 is 0.667 bits per heavy atom. The van der Waals surface area contributed by atoms with Gasteiger partial charge in [0.25, 0.3) is 0 Å². The van der Waals surface area contributed by atoms with Crippen molar-refractivity contribution in [2.75, 3.05) is 0 Å². The number of aromatic carboxylic acids is 3. The van der Waals surface area contributed by atoms with Gasteiger partial charge in [0.1, 0.15) is 0 Å². The molecule has 27 heavy (non-hydrogen) atoms. The van der Waals surface area contributed by atoms with Gasteiger partial charge in [-0.15, -0.1) is 0 Å². The lowest BCUT2D eigenvalue weighted by atomic mass is 10.1. The maximum Gasteiger partial charge on any atom is 0.339 e. The van der Waals surface area contributed by atoms with Crippen molar-refractivity contribution in [3.8, 4) is 0 Å². The van der Waals surface area contributed by atoms with Crippen LogP contribution in [0.4, 0.5) is 0 Å². The van der Waals surface area contributed by atoms with Crippen molar-refractivity contribution in [2.45, 2.75) is 20.0 Å². The van der Waals surface area contributed by atoms with Gasteiger partial charge in [0.2, 0.25) is 0 Å². The number of rotatable bonds is 5. The van der Waals surface area contributed by atoms with Crippen LogP contribution >= 0.6 is 0 Å². The van der Waals surface area contributed by atoms with Crippen molar-refractivity contribution in [3.63, 3.8) is 0 Å². The first kappa shape index (κ1) is 21.4. The predicted octanol–water partition coefficient (Wildman–Crippen LogP) is 3.03. The van der Waals surface area contributed by atoms with Gasteiger partial charge in [-0.3, -0.25) is 0 Å². The monoisotopic (exact) mass is 374 g/mol. The second kappa shape index (κ2) is 9.71. The molecule has 0 saturated heterocycles. The van der Waals surface area contributed by atoms with Crippen molar-refractivity contribution in [1.82, 2.24) is 0 Å². The number of carbonyl (C=O) groups is 4. The topological polar surface area (TPSA) is 138 Å². The van der Waals surface area contributed by atoms with E-state index in [9.17, 15) is 19.2 Å². The molecule has 0 aliphatic carbocycles. The molecular weight excluding hydrogens is 356 g/mol. The minimum atomic E-state index is -1.23. The third kappa shape index (κ3) is 6.28. The molecule has 0 saturated carbocycles. The quantitative estimate of drug-likeness (QED) is 0.679. The minimum absolute atomic E-state index is 0.0387. The van der Waals surface area contributed by atoms with Gasteiger partial charge in [-0.2, -0.15) is 0 Å². The van der Waals surface area contributed by atoms with Gasteiger partial charge in [0.15, 0.2) is 0 Å². The van der Waals surface area contributed by atoms with Gasteiger partial charge in [-0.1, -0.05) is 24.3 Å². The Morgan fingerprint density at radius 3 is 1.26 bits per heavy atom. The number of benzene rings is 2. The highest BCUT2D eigenvalue weighted by atomic mass is 16.5. The second-order valence-electron chi connectivity index (χ2n) is 5.46. The summed E-state index contributed by atoms with van der Waals surface area (Å²) in [6, 6.07) is 11.5. The number of esters is 1. The van der Waals surface area contributed by atoms with Crippen molar-refractivity contribution in [1.29, 1.82) is 0 Å². The molecular formula is C19H18O8. The third-order valence-corrected chi connectivity index (χ3v) is 3.11. The van der Waals surface area contributed by atoms with E-state index in [1.165, 1.54) is 36.4 Å². The van der Waals surface area contributed by atoms with Gasteiger partial charge in [-0.25, -0.2) is 19.2 Å². The third-order valence-electron chi connectivity index (χ3n) is 3.11. The SMILES string of the molecule is CC(C)OC(=O)c1ccccc1C(=O)O.O=C(O)c1ccccc1C(=O)O. The molecule has 142 valence electrons. The normalized spacial score (nSPS) is 9.74. The fourth-order valence-corrected chi connectivity index (χ4v) is 1.98. The van der Waals surface area contributed by atoms with E-state index >= 15 is 0 Å². The number of ether oxygens (including phenoxy) is 1. The fraction of sp³-hybridized carbons (Fsp3) is 0.158. The molecule has 0 bridgehead atoms. The number of hydrogen-bond donors (Lipinski definition) is 3. The van der Waals surface area contributed by atoms with Crippen LogP contribution in [-0.2, 0) is 4.74 Å². The fourth-order valence-electron chi connectivity index (χ4n) is 1.98. The maximum absolute atomic E-state index is 11.5. The summed E-state index contributed by atoms with van der Waals surface area (Å²) in [5, 5.41) is 25.9. The Labute approximate surface area is 154 Å². The number of carbonyl (C=O) groups excluding carboxylic acids is 1. The predicted molar refractivity (Wildman–Crippen MR) is 94.3 cm³/mol. The first-order chi connectivity index (χ1) is 12.6. The molecule has 0 amide bonds. The molecule has 0 fully saturated rings. The highest BCUT2D eigenvalue weighted by molar-refractivity contribution is 6.02. The van der Waals surface area contributed by atoms with E-state index in [4.69, 9.17) is 20.1 Å². The summed E-state index contributed by atoms with van der Waals surface area (Å²) >= 11 is 0. The van der Waals surface area contributed by atoms with E-state index in [-0.39, 0.29) is 28.4 Å². The van der Waals surface area contributed by atoms with E-state index < -0.39 is 23.9 Å². The number of hydrogen-bond acceptors (Lipinski definition) is 5. The second-order valence-corrected chi connectivity index (χ2v) is 5.46. The molecule has 0 radical (unpaired) electrons. The highest BCUT2D eigenvalue weighted by Gasteiger charge is 2.17. The van der Waals surface area contributed by atoms with Crippen LogP contribution in [0.15, 0.2) is 48.5 Å². The van der Waals surface area contributed by atoms with Crippen LogP contribution < -0.4 is 0 Å². The Balaban J connectivity index is 0.000000277. The van der Waals surface area contributed by atoms with E-state index in [1.807, 2.05) is 0 Å². The molecule has 0 unspecified atom stereocenters. The van der Waals surface area contributed by atoms with E-state index in [1.54, 1.807) is 26.0 Å².